The third kappa shape index (κ3) is 11.4. The minimum atomic E-state index is -1.34. The molecule has 0 aliphatic heterocycles. The molecule has 0 fully saturated rings. The molecule has 2 rings (SSSR count). The molecule has 2 aromatic carbocycles. The maximum Gasteiger partial charge on any atom is 0.330 e. The van der Waals surface area contributed by atoms with Crippen molar-refractivity contribution in [3.8, 4) is 0 Å². The number of primary amides is 2. The van der Waals surface area contributed by atoms with Crippen LogP contribution in [0.3, 0.4) is 0 Å². The molecule has 2 unspecified atom stereocenters. The number of benzene rings is 2. The fourth-order valence-electron chi connectivity index (χ4n) is 2.74. The molecule has 2 aromatic rings. The van der Waals surface area contributed by atoms with Crippen molar-refractivity contribution in [2.24, 2.45) is 11.5 Å². The lowest BCUT2D eigenvalue weighted by molar-refractivity contribution is -0.143. The number of rotatable bonds is 12. The zero-order chi connectivity index (χ0) is 27.2. The summed E-state index contributed by atoms with van der Waals surface area (Å²) in [6.07, 6.45) is 0. The van der Waals surface area contributed by atoms with E-state index in [9.17, 15) is 19.2 Å². The van der Waals surface area contributed by atoms with Gasteiger partial charge in [-0.15, -0.1) is 0 Å². The highest BCUT2D eigenvalue weighted by molar-refractivity contribution is 7.98. The Balaban J connectivity index is 0.000000360. The van der Waals surface area contributed by atoms with Crippen LogP contribution in [0, 0.1) is 0 Å². The molecule has 2 atom stereocenters. The summed E-state index contributed by atoms with van der Waals surface area (Å²) in [5, 5.41) is 22.7. The number of thioether (sulfide) groups is 2. The Morgan fingerprint density at radius 1 is 0.694 bits per heavy atom. The van der Waals surface area contributed by atoms with Crippen molar-refractivity contribution in [2.75, 3.05) is 11.5 Å². The smallest absolute Gasteiger partial charge is 0.330 e. The number of nitrogens with one attached hydrogen (secondary N) is 2. The van der Waals surface area contributed by atoms with E-state index < -0.39 is 35.1 Å². The largest absolute Gasteiger partial charge is 0.479 e. The molecular weight excluding hydrogens is 504 g/mol. The average Bonchev–Trinajstić information content (AvgIpc) is 2.80. The fourth-order valence-corrected chi connectivity index (χ4v) is 5.01. The number of carbonyl (C=O) groups excluding carboxylic acids is 2. The van der Waals surface area contributed by atoms with Gasteiger partial charge in [0.05, 0.1) is 0 Å². The van der Waals surface area contributed by atoms with Crippen LogP contribution in [0.2, 0.25) is 0 Å². The van der Waals surface area contributed by atoms with Crippen LogP contribution in [-0.2, 0) is 21.1 Å². The van der Waals surface area contributed by atoms with E-state index in [1.54, 1.807) is 0 Å². The number of carboxylic acid groups (broad SMARTS) is 2. The van der Waals surface area contributed by atoms with Gasteiger partial charge in [0.15, 0.2) is 0 Å². The number of carbonyl (C=O) groups is 4. The number of aliphatic carboxylic acids is 2. The molecule has 0 aliphatic rings. The minimum Gasteiger partial charge on any atom is -0.479 e. The lowest BCUT2D eigenvalue weighted by Gasteiger charge is -2.24. The predicted octanol–water partition coefficient (Wildman–Crippen LogP) is 2.86. The Bertz CT molecular complexity index is 931. The van der Waals surface area contributed by atoms with Crippen LogP contribution in [0.1, 0.15) is 25.0 Å². The zero-order valence-corrected chi connectivity index (χ0v) is 21.7. The molecule has 0 heterocycles. The summed E-state index contributed by atoms with van der Waals surface area (Å²) >= 11 is 2.86. The number of hydrogen-bond acceptors (Lipinski definition) is 6. The average molecular weight is 537 g/mol. The molecule has 0 radical (unpaired) electrons. The van der Waals surface area contributed by atoms with Crippen LogP contribution in [0.25, 0.3) is 0 Å². The first-order valence-electron chi connectivity index (χ1n) is 10.7. The highest BCUT2D eigenvalue weighted by atomic mass is 32.2. The normalized spacial score (nSPS) is 13.6. The number of urea groups is 2. The molecule has 0 aromatic heterocycles. The van der Waals surface area contributed by atoms with E-state index in [-0.39, 0.29) is 11.5 Å². The van der Waals surface area contributed by atoms with Crippen LogP contribution in [-0.4, -0.2) is 56.8 Å². The second kappa shape index (κ2) is 14.9. The van der Waals surface area contributed by atoms with Gasteiger partial charge in [-0.25, -0.2) is 19.2 Å². The Morgan fingerprint density at radius 2 is 1.00 bits per heavy atom. The monoisotopic (exact) mass is 536 g/mol. The molecule has 0 saturated heterocycles. The van der Waals surface area contributed by atoms with E-state index in [0.717, 1.165) is 11.1 Å². The number of amides is 4. The molecule has 10 nitrogen and oxygen atoms in total. The van der Waals surface area contributed by atoms with Gasteiger partial charge in [-0.05, 0) is 25.0 Å². The maximum atomic E-state index is 11.1. The second-order valence-corrected chi connectivity index (χ2v) is 10.2. The second-order valence-electron chi connectivity index (χ2n) is 8.21. The third-order valence-electron chi connectivity index (χ3n) is 4.75. The maximum absolute atomic E-state index is 11.1. The lowest BCUT2D eigenvalue weighted by atomic mass is 10.1. The lowest BCUT2D eigenvalue weighted by Crippen LogP contribution is -2.55. The molecule has 196 valence electrons. The van der Waals surface area contributed by atoms with Gasteiger partial charge in [0.25, 0.3) is 0 Å². The molecular formula is C24H32N4O6S2. The first-order valence-corrected chi connectivity index (χ1v) is 13.0. The van der Waals surface area contributed by atoms with Crippen molar-refractivity contribution in [3.05, 3.63) is 71.8 Å². The van der Waals surface area contributed by atoms with E-state index in [0.29, 0.717) is 11.5 Å². The topological polar surface area (TPSA) is 185 Å². The minimum absolute atomic E-state index is 0.250. The van der Waals surface area contributed by atoms with E-state index >= 15 is 0 Å². The van der Waals surface area contributed by atoms with E-state index in [4.69, 9.17) is 21.7 Å². The first-order chi connectivity index (χ1) is 16.9. The van der Waals surface area contributed by atoms with Gasteiger partial charge in [0.2, 0.25) is 0 Å². The number of nitrogens with two attached hydrogens (primary N) is 2. The fraction of sp³-hybridized carbons (Fsp3) is 0.333. The molecule has 8 N–H and O–H groups in total. The molecule has 0 saturated carbocycles. The van der Waals surface area contributed by atoms with Gasteiger partial charge in [-0.2, -0.15) is 23.5 Å². The summed E-state index contributed by atoms with van der Waals surface area (Å²) in [4.78, 5) is 43.8. The molecule has 0 spiro atoms. The molecule has 12 heteroatoms. The van der Waals surface area contributed by atoms with Gasteiger partial charge < -0.3 is 32.3 Å². The van der Waals surface area contributed by atoms with Gasteiger partial charge >= 0.3 is 24.0 Å². The van der Waals surface area contributed by atoms with Crippen LogP contribution in [0.15, 0.2) is 60.7 Å². The quantitative estimate of drug-likeness (QED) is 0.239. The van der Waals surface area contributed by atoms with Crippen LogP contribution in [0.4, 0.5) is 9.59 Å². The van der Waals surface area contributed by atoms with Crippen LogP contribution >= 0.6 is 23.5 Å². The molecule has 0 bridgehead atoms. The van der Waals surface area contributed by atoms with Crippen molar-refractivity contribution in [1.82, 2.24) is 10.6 Å². The summed E-state index contributed by atoms with van der Waals surface area (Å²) in [7, 11) is 0. The van der Waals surface area contributed by atoms with Crippen molar-refractivity contribution >= 4 is 47.5 Å². The van der Waals surface area contributed by atoms with E-state index in [2.05, 4.69) is 10.6 Å². The summed E-state index contributed by atoms with van der Waals surface area (Å²) in [6, 6.07) is 17.7. The van der Waals surface area contributed by atoms with Gasteiger partial charge in [-0.3, -0.25) is 0 Å². The summed E-state index contributed by atoms with van der Waals surface area (Å²) in [6.45, 7) is 2.89. The van der Waals surface area contributed by atoms with Crippen molar-refractivity contribution in [3.63, 3.8) is 0 Å². The Labute approximate surface area is 218 Å². The van der Waals surface area contributed by atoms with Crippen molar-refractivity contribution < 1.29 is 29.4 Å². The molecule has 4 amide bonds. The van der Waals surface area contributed by atoms with Gasteiger partial charge in [0, 0.05) is 23.0 Å². The highest BCUT2D eigenvalue weighted by Crippen LogP contribution is 2.19. The third-order valence-corrected chi connectivity index (χ3v) is 7.38. The number of hydrogen-bond donors (Lipinski definition) is 6. The highest BCUT2D eigenvalue weighted by Gasteiger charge is 2.35. The summed E-state index contributed by atoms with van der Waals surface area (Å²) in [5.74, 6) is -0.321. The summed E-state index contributed by atoms with van der Waals surface area (Å²) in [5.41, 5.74) is 9.48. The Hall–Kier alpha value is -3.38. The van der Waals surface area contributed by atoms with E-state index in [1.807, 2.05) is 60.7 Å². The van der Waals surface area contributed by atoms with Crippen LogP contribution in [0.5, 0.6) is 0 Å². The Morgan fingerprint density at radius 3 is 1.25 bits per heavy atom. The Kier molecular flexibility index (Phi) is 12.7. The number of carboxylic acids is 2. The standard InChI is InChI=1S/2C12H16N2O3S/c2*1-12(10(15)16,14-11(13)17)8-18-7-9-5-3-2-4-6-9/h2*2-6H,7-8H2,1H3,(H,15,16)(H3,13,14,17). The van der Waals surface area contributed by atoms with Gasteiger partial charge in [-0.1, -0.05) is 60.7 Å². The zero-order valence-electron chi connectivity index (χ0n) is 20.1. The molecule has 0 aliphatic carbocycles. The first kappa shape index (κ1) is 30.7. The van der Waals surface area contributed by atoms with Crippen LogP contribution < -0.4 is 22.1 Å². The van der Waals surface area contributed by atoms with Crippen molar-refractivity contribution in [1.29, 1.82) is 0 Å². The van der Waals surface area contributed by atoms with Gasteiger partial charge in [0.1, 0.15) is 11.1 Å². The SMILES string of the molecule is CC(CSCc1ccccc1)(NC(N)=O)C(=O)O.CC(CSCc1ccccc1)(NC(N)=O)C(=O)O. The summed E-state index contributed by atoms with van der Waals surface area (Å²) < 4.78 is 0. The van der Waals surface area contributed by atoms with E-state index in [1.165, 1.54) is 37.4 Å². The predicted molar refractivity (Wildman–Crippen MR) is 143 cm³/mol. The molecule has 36 heavy (non-hydrogen) atoms. The van der Waals surface area contributed by atoms with Crippen molar-refractivity contribution in [2.45, 2.75) is 36.4 Å².